The van der Waals surface area contributed by atoms with Crippen molar-refractivity contribution >= 4 is 16.9 Å². The molecule has 0 unspecified atom stereocenters. The zero-order valence-electron chi connectivity index (χ0n) is 16.8. The third-order valence-corrected chi connectivity index (χ3v) is 5.15. The van der Waals surface area contributed by atoms with Gasteiger partial charge < -0.3 is 14.5 Å². The number of ether oxygens (including phenoxy) is 1. The van der Waals surface area contributed by atoms with Crippen molar-refractivity contribution in [2.45, 2.75) is 33.1 Å². The Morgan fingerprint density at radius 2 is 1.86 bits per heavy atom. The fourth-order valence-electron chi connectivity index (χ4n) is 3.45. The van der Waals surface area contributed by atoms with Gasteiger partial charge in [-0.15, -0.1) is 0 Å². The van der Waals surface area contributed by atoms with E-state index in [0.29, 0.717) is 35.4 Å². The van der Waals surface area contributed by atoms with Crippen LogP contribution in [0, 0.1) is 19.7 Å². The number of benzene rings is 2. The van der Waals surface area contributed by atoms with E-state index in [2.05, 4.69) is 5.32 Å². The van der Waals surface area contributed by atoms with Crippen molar-refractivity contribution in [3.8, 4) is 5.75 Å². The average Bonchev–Trinajstić information content (AvgIpc) is 2.70. The summed E-state index contributed by atoms with van der Waals surface area (Å²) in [6.45, 7) is 4.03. The largest absolute Gasteiger partial charge is 0.496 e. The normalized spacial score (nSPS) is 10.9. The van der Waals surface area contributed by atoms with E-state index < -0.39 is 5.63 Å². The van der Waals surface area contributed by atoms with Gasteiger partial charge in [-0.3, -0.25) is 4.79 Å². The zero-order valence-corrected chi connectivity index (χ0v) is 16.8. The van der Waals surface area contributed by atoms with Crippen molar-refractivity contribution in [3.63, 3.8) is 0 Å². The number of carbonyl (C=O) groups is 1. The molecule has 2 aromatic carbocycles. The second-order valence-corrected chi connectivity index (χ2v) is 6.95. The number of hydrogen-bond donors (Lipinski definition) is 1. The first-order valence-corrected chi connectivity index (χ1v) is 9.52. The van der Waals surface area contributed by atoms with Gasteiger partial charge in [-0.05, 0) is 56.0 Å². The maximum absolute atomic E-state index is 13.6. The monoisotopic (exact) mass is 397 g/mol. The Balaban J connectivity index is 1.66. The molecule has 3 aromatic rings. The van der Waals surface area contributed by atoms with Crippen molar-refractivity contribution in [2.24, 2.45) is 0 Å². The summed E-state index contributed by atoms with van der Waals surface area (Å²) in [5, 5.41) is 3.61. The van der Waals surface area contributed by atoms with Gasteiger partial charge in [0, 0.05) is 29.5 Å². The van der Waals surface area contributed by atoms with Crippen LogP contribution >= 0.6 is 0 Å². The van der Waals surface area contributed by atoms with Crippen LogP contribution in [0.1, 0.15) is 28.7 Å². The molecule has 0 fully saturated rings. The second-order valence-electron chi connectivity index (χ2n) is 6.95. The lowest BCUT2D eigenvalue weighted by Crippen LogP contribution is -2.26. The Kier molecular flexibility index (Phi) is 6.32. The van der Waals surface area contributed by atoms with Gasteiger partial charge in [-0.1, -0.05) is 18.2 Å². The first-order chi connectivity index (χ1) is 13.9. The van der Waals surface area contributed by atoms with E-state index in [1.54, 1.807) is 25.3 Å². The van der Waals surface area contributed by atoms with Crippen LogP contribution in [-0.2, 0) is 17.6 Å². The maximum Gasteiger partial charge on any atom is 0.339 e. The van der Waals surface area contributed by atoms with Gasteiger partial charge in [-0.2, -0.15) is 0 Å². The Morgan fingerprint density at radius 1 is 1.10 bits per heavy atom. The van der Waals surface area contributed by atoms with Gasteiger partial charge in [-0.25, -0.2) is 9.18 Å². The van der Waals surface area contributed by atoms with Gasteiger partial charge in [0.15, 0.2) is 0 Å². The summed E-state index contributed by atoms with van der Waals surface area (Å²) in [4.78, 5) is 24.6. The van der Waals surface area contributed by atoms with Crippen molar-refractivity contribution < 1.29 is 18.3 Å². The van der Waals surface area contributed by atoms with E-state index in [4.69, 9.17) is 9.15 Å². The standard InChI is InChI=1S/C23H24FNO4/c1-14-17-8-10-20(28-3)15(2)22(17)29-23(27)18(14)9-11-21(26)25-13-12-16-6-4-5-7-19(16)24/h4-8,10H,9,11-13H2,1-3H3,(H,25,26). The molecule has 0 saturated heterocycles. The van der Waals surface area contributed by atoms with Crippen molar-refractivity contribution in [3.05, 3.63) is 74.9 Å². The molecule has 1 amide bonds. The molecule has 152 valence electrons. The van der Waals surface area contributed by atoms with E-state index in [1.165, 1.54) is 6.07 Å². The molecule has 3 rings (SSSR count). The van der Waals surface area contributed by atoms with Crippen LogP contribution in [0.4, 0.5) is 4.39 Å². The lowest BCUT2D eigenvalue weighted by Gasteiger charge is -2.11. The average molecular weight is 397 g/mol. The predicted octanol–water partition coefficient (Wildman–Crippen LogP) is 3.85. The molecule has 1 N–H and O–H groups in total. The molecule has 0 radical (unpaired) electrons. The Morgan fingerprint density at radius 3 is 2.59 bits per heavy atom. The molecule has 0 aliphatic heterocycles. The smallest absolute Gasteiger partial charge is 0.339 e. The fourth-order valence-corrected chi connectivity index (χ4v) is 3.45. The second kappa shape index (κ2) is 8.90. The summed E-state index contributed by atoms with van der Waals surface area (Å²) in [5.74, 6) is 0.186. The first-order valence-electron chi connectivity index (χ1n) is 9.52. The fraction of sp³-hybridized carbons (Fsp3) is 0.304. The van der Waals surface area contributed by atoms with Crippen molar-refractivity contribution in [2.75, 3.05) is 13.7 Å². The molecule has 0 aliphatic carbocycles. The summed E-state index contributed by atoms with van der Waals surface area (Å²) in [5.41, 5.74) is 2.69. The number of methoxy groups -OCH3 is 1. The molecule has 0 atom stereocenters. The van der Waals surface area contributed by atoms with Gasteiger partial charge >= 0.3 is 5.63 Å². The molecule has 0 saturated carbocycles. The molecule has 6 heteroatoms. The van der Waals surface area contributed by atoms with E-state index in [9.17, 15) is 14.0 Å². The lowest BCUT2D eigenvalue weighted by molar-refractivity contribution is -0.121. The quantitative estimate of drug-likeness (QED) is 0.615. The van der Waals surface area contributed by atoms with Crippen LogP contribution in [-0.4, -0.2) is 19.6 Å². The molecule has 29 heavy (non-hydrogen) atoms. The number of halogens is 1. The number of fused-ring (bicyclic) bond motifs is 1. The Bertz CT molecular complexity index is 1100. The SMILES string of the molecule is COc1ccc2c(C)c(CCC(=O)NCCc3ccccc3F)c(=O)oc2c1C. The number of rotatable bonds is 7. The molecule has 5 nitrogen and oxygen atoms in total. The zero-order chi connectivity index (χ0) is 21.0. The third kappa shape index (κ3) is 4.47. The molecule has 0 bridgehead atoms. The van der Waals surface area contributed by atoms with Gasteiger partial charge in [0.05, 0.1) is 7.11 Å². The maximum atomic E-state index is 13.6. The number of amides is 1. The molecule has 0 aliphatic rings. The van der Waals surface area contributed by atoms with Gasteiger partial charge in [0.2, 0.25) is 5.91 Å². The summed E-state index contributed by atoms with van der Waals surface area (Å²) >= 11 is 0. The summed E-state index contributed by atoms with van der Waals surface area (Å²) in [6.07, 6.45) is 0.848. The highest BCUT2D eigenvalue weighted by Crippen LogP contribution is 2.29. The number of aryl methyl sites for hydroxylation is 2. The number of hydrogen-bond acceptors (Lipinski definition) is 4. The highest BCUT2D eigenvalue weighted by Gasteiger charge is 2.16. The Labute approximate surface area is 168 Å². The summed E-state index contributed by atoms with van der Waals surface area (Å²) in [7, 11) is 1.57. The third-order valence-electron chi connectivity index (χ3n) is 5.15. The van der Waals surface area contributed by atoms with Crippen LogP contribution in [0.25, 0.3) is 11.0 Å². The lowest BCUT2D eigenvalue weighted by atomic mass is 10.00. The van der Waals surface area contributed by atoms with E-state index in [-0.39, 0.29) is 24.6 Å². The van der Waals surface area contributed by atoms with E-state index in [1.807, 2.05) is 26.0 Å². The number of nitrogens with one attached hydrogen (secondary N) is 1. The van der Waals surface area contributed by atoms with Gasteiger partial charge in [0.25, 0.3) is 0 Å². The molecule has 1 aromatic heterocycles. The molecule has 1 heterocycles. The minimum absolute atomic E-state index is 0.156. The molecular formula is C23H24FNO4. The van der Waals surface area contributed by atoms with Crippen LogP contribution in [0.2, 0.25) is 0 Å². The first kappa shape index (κ1) is 20.6. The Hall–Kier alpha value is -3.15. The highest BCUT2D eigenvalue weighted by atomic mass is 19.1. The van der Waals surface area contributed by atoms with Crippen LogP contribution in [0.15, 0.2) is 45.6 Å². The van der Waals surface area contributed by atoms with Crippen LogP contribution in [0.5, 0.6) is 5.75 Å². The highest BCUT2D eigenvalue weighted by molar-refractivity contribution is 5.85. The minimum atomic E-state index is -0.439. The topological polar surface area (TPSA) is 68.5 Å². The molecular weight excluding hydrogens is 373 g/mol. The predicted molar refractivity (Wildman–Crippen MR) is 110 cm³/mol. The van der Waals surface area contributed by atoms with Crippen molar-refractivity contribution in [1.82, 2.24) is 5.32 Å². The van der Waals surface area contributed by atoms with Gasteiger partial charge in [0.1, 0.15) is 17.1 Å². The summed E-state index contributed by atoms with van der Waals surface area (Å²) < 4.78 is 24.4. The van der Waals surface area contributed by atoms with E-state index in [0.717, 1.165) is 16.5 Å². The molecule has 0 spiro atoms. The minimum Gasteiger partial charge on any atom is -0.496 e. The van der Waals surface area contributed by atoms with Crippen LogP contribution < -0.4 is 15.7 Å². The van der Waals surface area contributed by atoms with E-state index >= 15 is 0 Å². The van der Waals surface area contributed by atoms with Crippen molar-refractivity contribution in [1.29, 1.82) is 0 Å². The number of carbonyl (C=O) groups excluding carboxylic acids is 1. The van der Waals surface area contributed by atoms with Crippen LogP contribution in [0.3, 0.4) is 0 Å². The summed E-state index contributed by atoms with van der Waals surface area (Å²) in [6, 6.07) is 10.2.